The number of carbonyl (C=O) groups is 2. The van der Waals surface area contributed by atoms with Crippen LogP contribution in [0.4, 0.5) is 17.2 Å². The van der Waals surface area contributed by atoms with Crippen LogP contribution in [0.5, 0.6) is 0 Å². The van der Waals surface area contributed by atoms with Gasteiger partial charge in [0.2, 0.25) is 5.91 Å². The highest BCUT2D eigenvalue weighted by molar-refractivity contribution is 7.99. The van der Waals surface area contributed by atoms with Gasteiger partial charge in [-0.05, 0) is 69.7 Å². The molecule has 0 aliphatic carbocycles. The van der Waals surface area contributed by atoms with Crippen molar-refractivity contribution in [2.75, 3.05) is 16.4 Å². The molecule has 10 heteroatoms. The number of carbonyl (C=O) groups excluding carboxylic acids is 2. The molecular formula is C29H28N6O3S. The van der Waals surface area contributed by atoms with Gasteiger partial charge in [-0.3, -0.25) is 14.0 Å². The number of hydrogen-bond donors (Lipinski definition) is 2. The van der Waals surface area contributed by atoms with E-state index < -0.39 is 5.60 Å². The van der Waals surface area contributed by atoms with E-state index in [4.69, 9.17) is 4.74 Å². The third kappa shape index (κ3) is 5.50. The van der Waals surface area contributed by atoms with E-state index in [-0.39, 0.29) is 17.4 Å². The summed E-state index contributed by atoms with van der Waals surface area (Å²) < 4.78 is 7.87. The van der Waals surface area contributed by atoms with Gasteiger partial charge in [0.25, 0.3) is 0 Å². The number of nitriles is 1. The van der Waals surface area contributed by atoms with Crippen LogP contribution in [0.2, 0.25) is 0 Å². The Morgan fingerprint density at radius 3 is 2.44 bits per heavy atom. The van der Waals surface area contributed by atoms with Gasteiger partial charge in [-0.2, -0.15) is 5.26 Å². The van der Waals surface area contributed by atoms with Gasteiger partial charge in [0.05, 0.1) is 23.5 Å². The predicted octanol–water partition coefficient (Wildman–Crippen LogP) is 5.44. The lowest BCUT2D eigenvalue weighted by Gasteiger charge is -2.33. The zero-order chi connectivity index (χ0) is 27.7. The van der Waals surface area contributed by atoms with Crippen molar-refractivity contribution in [2.24, 2.45) is 0 Å². The minimum absolute atomic E-state index is 0.0370. The van der Waals surface area contributed by atoms with Crippen LogP contribution < -0.4 is 10.6 Å². The lowest BCUT2D eigenvalue weighted by atomic mass is 9.89. The first-order chi connectivity index (χ1) is 18.6. The zero-order valence-electron chi connectivity index (χ0n) is 22.2. The van der Waals surface area contributed by atoms with Crippen molar-refractivity contribution in [3.05, 3.63) is 76.3 Å². The molecular weight excluding hydrogens is 512 g/mol. The number of thioether (sulfide) groups is 1. The Morgan fingerprint density at radius 1 is 1.08 bits per heavy atom. The van der Waals surface area contributed by atoms with E-state index in [1.807, 2.05) is 45.0 Å². The number of nitrogens with zero attached hydrogens (tertiary/aromatic N) is 4. The fraction of sp³-hybridized carbons (Fsp3) is 0.276. The summed E-state index contributed by atoms with van der Waals surface area (Å²) in [6, 6.07) is 17.1. The Morgan fingerprint density at radius 2 is 1.77 bits per heavy atom. The topological polar surface area (TPSA) is 121 Å². The summed E-state index contributed by atoms with van der Waals surface area (Å²) in [5.74, 6) is 0.358. The second-order valence-electron chi connectivity index (χ2n) is 10.1. The van der Waals surface area contributed by atoms with Gasteiger partial charge in [0.15, 0.2) is 16.6 Å². The second-order valence-corrected chi connectivity index (χ2v) is 11.1. The lowest BCUT2D eigenvalue weighted by molar-refractivity contribution is -0.113. The fourth-order valence-electron chi connectivity index (χ4n) is 4.52. The van der Waals surface area contributed by atoms with E-state index in [9.17, 15) is 14.9 Å². The van der Waals surface area contributed by atoms with Crippen molar-refractivity contribution in [2.45, 2.75) is 51.5 Å². The molecule has 0 saturated carbocycles. The fourth-order valence-corrected chi connectivity index (χ4v) is 5.26. The van der Waals surface area contributed by atoms with E-state index in [0.29, 0.717) is 46.5 Å². The number of rotatable bonds is 7. The van der Waals surface area contributed by atoms with Gasteiger partial charge in [-0.25, -0.2) is 0 Å². The van der Waals surface area contributed by atoms with Gasteiger partial charge in [0, 0.05) is 28.9 Å². The molecule has 0 bridgehead atoms. The number of fused-ring (bicyclic) bond motifs is 3. The van der Waals surface area contributed by atoms with E-state index >= 15 is 0 Å². The van der Waals surface area contributed by atoms with Crippen molar-refractivity contribution >= 4 is 46.3 Å². The molecule has 0 saturated heterocycles. The monoisotopic (exact) mass is 540 g/mol. The van der Waals surface area contributed by atoms with Crippen molar-refractivity contribution < 1.29 is 14.3 Å². The third-order valence-electron chi connectivity index (χ3n) is 6.57. The minimum atomic E-state index is -0.420. The number of pyridine rings is 1. The molecule has 2 aromatic heterocycles. The van der Waals surface area contributed by atoms with Gasteiger partial charge in [0.1, 0.15) is 11.9 Å². The van der Waals surface area contributed by atoms with Crippen LogP contribution in [0.1, 0.15) is 53.4 Å². The molecule has 0 fully saturated rings. The van der Waals surface area contributed by atoms with Crippen molar-refractivity contribution in [3.63, 3.8) is 0 Å². The van der Waals surface area contributed by atoms with Gasteiger partial charge in [-0.1, -0.05) is 29.5 Å². The maximum atomic E-state index is 12.8. The number of hydrogen-bond acceptors (Lipinski definition) is 8. The summed E-state index contributed by atoms with van der Waals surface area (Å²) in [4.78, 5) is 24.3. The molecule has 198 valence electrons. The van der Waals surface area contributed by atoms with E-state index in [1.165, 1.54) is 18.7 Å². The molecule has 2 aromatic carbocycles. The maximum Gasteiger partial charge on any atom is 0.234 e. The summed E-state index contributed by atoms with van der Waals surface area (Å²) in [7, 11) is 0. The van der Waals surface area contributed by atoms with Crippen LogP contribution in [-0.2, 0) is 22.6 Å². The Hall–Kier alpha value is -4.20. The van der Waals surface area contributed by atoms with Gasteiger partial charge in [-0.15, -0.1) is 10.2 Å². The normalized spacial score (nSPS) is 13.9. The lowest BCUT2D eigenvalue weighted by Crippen LogP contribution is -2.33. The number of benzene rings is 2. The molecule has 1 aliphatic rings. The zero-order valence-corrected chi connectivity index (χ0v) is 23.0. The summed E-state index contributed by atoms with van der Waals surface area (Å²) in [6.45, 7) is 7.83. The van der Waals surface area contributed by atoms with E-state index in [0.717, 1.165) is 22.4 Å². The highest BCUT2D eigenvalue weighted by atomic mass is 32.2. The van der Waals surface area contributed by atoms with Crippen LogP contribution in [0.25, 0.3) is 5.65 Å². The molecule has 0 unspecified atom stereocenters. The first kappa shape index (κ1) is 26.4. The molecule has 0 radical (unpaired) electrons. The van der Waals surface area contributed by atoms with Gasteiger partial charge >= 0.3 is 0 Å². The average Bonchev–Trinajstić information content (AvgIpc) is 3.32. The number of amides is 1. The molecule has 4 aromatic rings. The summed E-state index contributed by atoms with van der Waals surface area (Å²) in [6.07, 6.45) is 0.560. The number of anilines is 3. The molecule has 2 N–H and O–H groups in total. The maximum absolute atomic E-state index is 12.8. The quantitative estimate of drug-likeness (QED) is 0.235. The standard InChI is InChI=1S/C29H28N6O3S/c1-17-5-9-21(10-6-17)32-26-23(14-30)22-13-29(3,4)38-15-24(22)27-33-34-28(35(26)27)39-16-25(37)31-20-11-7-19(8-12-20)18(2)36/h5-12,32H,13,15-16H2,1-4H3,(H,31,37). The second kappa shape index (κ2) is 10.5. The summed E-state index contributed by atoms with van der Waals surface area (Å²) in [5, 5.41) is 25.9. The van der Waals surface area contributed by atoms with E-state index in [1.54, 1.807) is 28.7 Å². The average molecular weight is 541 g/mol. The number of ketones is 1. The molecule has 0 spiro atoms. The molecule has 9 nitrogen and oxygen atoms in total. The Kier molecular flexibility index (Phi) is 7.12. The van der Waals surface area contributed by atoms with Gasteiger partial charge < -0.3 is 15.4 Å². The minimum Gasteiger partial charge on any atom is -0.370 e. The first-order valence-corrected chi connectivity index (χ1v) is 13.5. The molecule has 3 heterocycles. The molecule has 0 atom stereocenters. The highest BCUT2D eigenvalue weighted by Crippen LogP contribution is 2.38. The Labute approximate surface area is 230 Å². The third-order valence-corrected chi connectivity index (χ3v) is 7.50. The number of aromatic nitrogens is 3. The summed E-state index contributed by atoms with van der Waals surface area (Å²) in [5.41, 5.74) is 5.52. The Bertz CT molecular complexity index is 1620. The predicted molar refractivity (Wildman–Crippen MR) is 151 cm³/mol. The number of ether oxygens (including phenoxy) is 1. The Balaban J connectivity index is 1.49. The number of nitrogens with one attached hydrogen (secondary N) is 2. The molecule has 5 rings (SSSR count). The van der Waals surface area contributed by atoms with Crippen LogP contribution in [-0.4, -0.2) is 37.6 Å². The molecule has 1 aliphatic heterocycles. The smallest absolute Gasteiger partial charge is 0.234 e. The van der Waals surface area contributed by atoms with Crippen LogP contribution in [0.3, 0.4) is 0 Å². The van der Waals surface area contributed by atoms with E-state index in [2.05, 4.69) is 26.9 Å². The van der Waals surface area contributed by atoms with Crippen molar-refractivity contribution in [1.29, 1.82) is 5.26 Å². The summed E-state index contributed by atoms with van der Waals surface area (Å²) >= 11 is 1.22. The van der Waals surface area contributed by atoms with Crippen LogP contribution >= 0.6 is 11.8 Å². The largest absolute Gasteiger partial charge is 0.370 e. The van der Waals surface area contributed by atoms with Crippen molar-refractivity contribution in [3.8, 4) is 6.07 Å². The number of aryl methyl sites for hydroxylation is 1. The molecule has 39 heavy (non-hydrogen) atoms. The highest BCUT2D eigenvalue weighted by Gasteiger charge is 2.33. The molecule has 1 amide bonds. The first-order valence-electron chi connectivity index (χ1n) is 12.5. The van der Waals surface area contributed by atoms with Crippen LogP contribution in [0, 0.1) is 18.3 Å². The van der Waals surface area contributed by atoms with Crippen molar-refractivity contribution in [1.82, 2.24) is 14.6 Å². The van der Waals surface area contributed by atoms with Crippen LogP contribution in [0.15, 0.2) is 53.7 Å². The SMILES string of the molecule is CC(=O)c1ccc(NC(=O)CSc2nnc3c4c(c(C#N)c(Nc5ccc(C)cc5)n23)CC(C)(C)OC4)cc1. The number of Topliss-reactive ketones (excluding diaryl/α,β-unsaturated/α-hetero) is 1.